The van der Waals surface area contributed by atoms with Crippen LogP contribution in [0.3, 0.4) is 0 Å². The Morgan fingerprint density at radius 2 is 0.463 bits per heavy atom. The Morgan fingerprint density at radius 3 is 0.811 bits per heavy atom. The van der Waals surface area contributed by atoms with Crippen molar-refractivity contribution in [2.45, 2.75) is 19.3 Å². The molecule has 0 amide bonds. The topological polar surface area (TPSA) is 6.48 Å². The van der Waals surface area contributed by atoms with E-state index in [-0.39, 0.29) is 5.41 Å². The number of benzene rings is 15. The lowest BCUT2D eigenvalue weighted by Crippen LogP contribution is -2.74. The Bertz CT molecular complexity index is 4940. The molecule has 0 spiro atoms. The van der Waals surface area contributed by atoms with Crippen LogP contribution in [0.1, 0.15) is 25.0 Å². The van der Waals surface area contributed by atoms with E-state index < -0.39 is 16.1 Å². The molecule has 0 bridgehead atoms. The molecule has 0 fully saturated rings. The zero-order chi connectivity index (χ0) is 63.8. The second-order valence-corrected chi connectivity index (χ2v) is 33.2. The largest absolute Gasteiger partial charge is 0.310 e. The van der Waals surface area contributed by atoms with E-state index in [4.69, 9.17) is 0 Å². The standard InChI is InChI=1S/C91H70N2Si2/c1-91(2)89-65-72-63-77(92(73-48-43-69(44-49-73)67-27-11-3-12-28-67)75-53-58-85(59-54-75)94(79-31-15-5-16-32-79,80-33-17-6-18-34-80)81-35-19-7-20-36-81)52-47-71(72)64-88(89)87-62-57-78(66-90(87)91)93(74-50-45-70(46-51-74)68-29-13-4-14-30-68)76-55-60-86(61-56-76)95(82-37-21-8-22-38-82,83-39-23-9-24-40-83)84-41-25-10-26-42-84/h3-66H,1-2H3. The lowest BCUT2D eigenvalue weighted by Gasteiger charge is -2.35. The monoisotopic (exact) mass is 1250 g/mol. The summed E-state index contributed by atoms with van der Waals surface area (Å²) < 4.78 is 0. The lowest BCUT2D eigenvalue weighted by atomic mass is 9.81. The Labute approximate surface area is 560 Å². The van der Waals surface area contributed by atoms with Gasteiger partial charge in [0.05, 0.1) is 0 Å². The van der Waals surface area contributed by atoms with E-state index >= 15 is 0 Å². The third kappa shape index (κ3) is 10.4. The van der Waals surface area contributed by atoms with Crippen LogP contribution in [0, 0.1) is 0 Å². The minimum Gasteiger partial charge on any atom is -0.310 e. The third-order valence-corrected chi connectivity index (χ3v) is 29.5. The summed E-state index contributed by atoms with van der Waals surface area (Å²) in [5.74, 6) is 0. The van der Waals surface area contributed by atoms with E-state index in [1.54, 1.807) is 0 Å². The van der Waals surface area contributed by atoms with Crippen LogP contribution in [-0.4, -0.2) is 16.1 Å². The van der Waals surface area contributed by atoms with Gasteiger partial charge in [-0.25, -0.2) is 0 Å². The van der Waals surface area contributed by atoms with Crippen molar-refractivity contribution in [2.75, 3.05) is 9.80 Å². The van der Waals surface area contributed by atoms with Gasteiger partial charge in [-0.3, -0.25) is 0 Å². The second kappa shape index (κ2) is 24.9. The molecular weight excluding hydrogens is 1180 g/mol. The number of hydrogen-bond donors (Lipinski definition) is 0. The van der Waals surface area contributed by atoms with Crippen LogP contribution < -0.4 is 51.3 Å². The van der Waals surface area contributed by atoms with Gasteiger partial charge in [0.1, 0.15) is 0 Å². The molecule has 0 radical (unpaired) electrons. The van der Waals surface area contributed by atoms with Gasteiger partial charge in [-0.15, -0.1) is 0 Å². The molecule has 0 unspecified atom stereocenters. The maximum atomic E-state index is 2.48. The average Bonchev–Trinajstić information content (AvgIpc) is 1.72. The molecule has 2 nitrogen and oxygen atoms in total. The molecule has 0 saturated heterocycles. The first kappa shape index (κ1) is 58.7. The van der Waals surface area contributed by atoms with Gasteiger partial charge in [0.25, 0.3) is 0 Å². The van der Waals surface area contributed by atoms with E-state index in [1.165, 1.54) is 96.8 Å². The molecule has 15 aromatic rings. The third-order valence-electron chi connectivity index (χ3n) is 19.9. The molecule has 15 aromatic carbocycles. The Balaban J connectivity index is 0.797. The van der Waals surface area contributed by atoms with Crippen LogP contribution in [0.2, 0.25) is 0 Å². The summed E-state index contributed by atoms with van der Waals surface area (Å²) in [7, 11) is -5.54. The molecule has 1 aliphatic rings. The zero-order valence-corrected chi connectivity index (χ0v) is 55.3. The Kier molecular flexibility index (Phi) is 15.4. The smallest absolute Gasteiger partial charge is 0.179 e. The van der Waals surface area contributed by atoms with Crippen LogP contribution in [-0.2, 0) is 5.41 Å². The van der Waals surface area contributed by atoms with Crippen LogP contribution in [0.15, 0.2) is 388 Å². The summed E-state index contributed by atoms with van der Waals surface area (Å²) in [5, 5.41) is 13.2. The van der Waals surface area contributed by atoms with E-state index in [0.29, 0.717) is 0 Å². The Hall–Kier alpha value is -11.4. The Morgan fingerprint density at radius 1 is 0.200 bits per heavy atom. The quantitative estimate of drug-likeness (QED) is 0.0703. The highest BCUT2D eigenvalue weighted by molar-refractivity contribution is 7.20. The van der Waals surface area contributed by atoms with Crippen molar-refractivity contribution in [1.82, 2.24) is 0 Å². The van der Waals surface area contributed by atoms with Crippen molar-refractivity contribution < 1.29 is 0 Å². The average molecular weight is 1250 g/mol. The van der Waals surface area contributed by atoms with Gasteiger partial charge >= 0.3 is 0 Å². The highest BCUT2D eigenvalue weighted by Gasteiger charge is 2.43. The summed E-state index contributed by atoms with van der Waals surface area (Å²) in [6, 6.07) is 145. The first-order chi connectivity index (χ1) is 46.8. The van der Waals surface area contributed by atoms with Gasteiger partial charge in [0.2, 0.25) is 0 Å². The van der Waals surface area contributed by atoms with E-state index in [0.717, 1.165) is 34.1 Å². The predicted octanol–water partition coefficient (Wildman–Crippen LogP) is 18.2. The van der Waals surface area contributed by atoms with E-state index in [1.807, 2.05) is 0 Å². The molecule has 0 heterocycles. The van der Waals surface area contributed by atoms with E-state index in [2.05, 4.69) is 412 Å². The van der Waals surface area contributed by atoms with Crippen LogP contribution in [0.5, 0.6) is 0 Å². The first-order valence-corrected chi connectivity index (χ1v) is 37.0. The van der Waals surface area contributed by atoms with Gasteiger partial charge < -0.3 is 9.80 Å². The zero-order valence-electron chi connectivity index (χ0n) is 53.3. The maximum absolute atomic E-state index is 2.77. The summed E-state index contributed by atoms with van der Waals surface area (Å²) in [5.41, 5.74) is 16.3. The summed E-state index contributed by atoms with van der Waals surface area (Å²) in [6.45, 7) is 4.83. The highest BCUT2D eigenvalue weighted by Crippen LogP contribution is 2.52. The molecule has 4 heteroatoms. The van der Waals surface area contributed by atoms with Gasteiger partial charge in [-0.1, -0.05) is 317 Å². The van der Waals surface area contributed by atoms with Crippen molar-refractivity contribution in [1.29, 1.82) is 0 Å². The van der Waals surface area contributed by atoms with Crippen molar-refractivity contribution >= 4 is 103 Å². The summed E-state index contributed by atoms with van der Waals surface area (Å²) in [6.07, 6.45) is 0. The molecule has 0 N–H and O–H groups in total. The summed E-state index contributed by atoms with van der Waals surface area (Å²) in [4.78, 5) is 4.90. The first-order valence-electron chi connectivity index (χ1n) is 33.0. The van der Waals surface area contributed by atoms with Crippen LogP contribution in [0.25, 0.3) is 44.2 Å². The highest BCUT2D eigenvalue weighted by atomic mass is 28.3. The van der Waals surface area contributed by atoms with Crippen molar-refractivity contribution in [3.05, 3.63) is 399 Å². The van der Waals surface area contributed by atoms with Crippen molar-refractivity contribution in [3.63, 3.8) is 0 Å². The molecule has 0 saturated carbocycles. The number of rotatable bonds is 16. The minimum atomic E-state index is -2.77. The normalized spacial score (nSPS) is 12.4. The number of fused-ring (bicyclic) bond motifs is 4. The molecule has 452 valence electrons. The summed E-state index contributed by atoms with van der Waals surface area (Å²) >= 11 is 0. The SMILES string of the molecule is CC1(C)c2cc(N(c3ccc(-c4ccccc4)cc3)c3ccc([Si](c4ccccc4)(c4ccccc4)c4ccccc4)cc3)ccc2-c2cc3ccc(N(c4ccc(-c5ccccc5)cc4)c4ccc([Si](c5ccccc5)(c5ccccc5)c5ccccc5)cc4)cc3cc21. The van der Waals surface area contributed by atoms with Crippen molar-refractivity contribution in [3.8, 4) is 33.4 Å². The van der Waals surface area contributed by atoms with Gasteiger partial charge in [0.15, 0.2) is 16.1 Å². The number of nitrogens with zero attached hydrogens (tertiary/aromatic N) is 2. The molecule has 0 atom stereocenters. The molecule has 95 heavy (non-hydrogen) atoms. The number of anilines is 6. The number of hydrogen-bond acceptors (Lipinski definition) is 2. The van der Waals surface area contributed by atoms with Crippen LogP contribution >= 0.6 is 0 Å². The predicted molar refractivity (Wildman–Crippen MR) is 409 cm³/mol. The van der Waals surface area contributed by atoms with E-state index in [9.17, 15) is 0 Å². The van der Waals surface area contributed by atoms with Gasteiger partial charge in [-0.05, 0) is 182 Å². The fourth-order valence-corrected chi connectivity index (χ4v) is 24.8. The molecule has 0 aromatic heterocycles. The van der Waals surface area contributed by atoms with Gasteiger partial charge in [-0.2, -0.15) is 0 Å². The molecule has 16 rings (SSSR count). The lowest BCUT2D eigenvalue weighted by molar-refractivity contribution is 0.661. The fraction of sp³-hybridized carbons (Fsp3) is 0.0330. The van der Waals surface area contributed by atoms with Crippen molar-refractivity contribution in [2.24, 2.45) is 0 Å². The fourth-order valence-electron chi connectivity index (χ4n) is 15.3. The van der Waals surface area contributed by atoms with Crippen LogP contribution in [0.4, 0.5) is 34.1 Å². The minimum absolute atomic E-state index is 0.320. The molecule has 1 aliphatic carbocycles. The molecule has 0 aliphatic heterocycles. The maximum Gasteiger partial charge on any atom is 0.179 e. The van der Waals surface area contributed by atoms with Gasteiger partial charge in [0, 0.05) is 39.5 Å². The second-order valence-electron chi connectivity index (χ2n) is 25.6. The molecular formula is C91H70N2Si2.